The van der Waals surface area contributed by atoms with E-state index in [1.807, 2.05) is 19.1 Å². The molecule has 3 nitrogen and oxygen atoms in total. The Kier molecular flexibility index (Phi) is 4.73. The topological polar surface area (TPSA) is 37.0 Å². The summed E-state index contributed by atoms with van der Waals surface area (Å²) in [6.45, 7) is 6.85. The minimum atomic E-state index is 0.496. The molecule has 1 aromatic heterocycles. The number of hydrogen-bond donors (Lipinski definition) is 2. The molecule has 1 heterocycles. The molecule has 106 valence electrons. The molecule has 1 aromatic carbocycles. The lowest BCUT2D eigenvalue weighted by molar-refractivity contribution is 1.16. The molecule has 0 fully saturated rings. The van der Waals surface area contributed by atoms with Gasteiger partial charge in [-0.2, -0.15) is 0 Å². The molecule has 0 aliphatic rings. The minimum absolute atomic E-state index is 0.496. The van der Waals surface area contributed by atoms with E-state index in [4.69, 9.17) is 23.2 Å². The summed E-state index contributed by atoms with van der Waals surface area (Å²) in [5, 5.41) is 7.36. The van der Waals surface area contributed by atoms with Gasteiger partial charge in [-0.3, -0.25) is 0 Å². The van der Waals surface area contributed by atoms with Crippen molar-refractivity contribution in [3.05, 3.63) is 45.4 Å². The monoisotopic (exact) mass is 309 g/mol. The van der Waals surface area contributed by atoms with Gasteiger partial charge in [-0.1, -0.05) is 29.3 Å². The summed E-state index contributed by atoms with van der Waals surface area (Å²) in [6.07, 6.45) is 0. The van der Waals surface area contributed by atoms with Gasteiger partial charge in [0.1, 0.15) is 5.82 Å². The number of halogens is 2. The van der Waals surface area contributed by atoms with Gasteiger partial charge in [-0.05, 0) is 50.1 Å². The van der Waals surface area contributed by atoms with Gasteiger partial charge in [-0.15, -0.1) is 0 Å². The Hall–Kier alpha value is -1.45. The maximum Gasteiger partial charge on any atom is 0.151 e. The highest BCUT2D eigenvalue weighted by Crippen LogP contribution is 2.31. The normalized spacial score (nSPS) is 10.4. The van der Waals surface area contributed by atoms with E-state index in [9.17, 15) is 0 Å². The summed E-state index contributed by atoms with van der Waals surface area (Å²) in [6, 6.07) is 7.91. The Bertz CT molecular complexity index is 607. The molecule has 0 saturated carbocycles. The number of hydrogen-bond acceptors (Lipinski definition) is 3. The SMILES string of the molecule is CCNc1nc(Nc2cc(C)cc(C)c2)c(Cl)cc1Cl. The molecule has 5 heteroatoms. The van der Waals surface area contributed by atoms with E-state index in [2.05, 4.69) is 35.5 Å². The van der Waals surface area contributed by atoms with Gasteiger partial charge in [0.15, 0.2) is 5.82 Å². The third kappa shape index (κ3) is 3.56. The average Bonchev–Trinajstić information content (AvgIpc) is 2.34. The van der Waals surface area contributed by atoms with E-state index in [1.165, 1.54) is 11.1 Å². The first kappa shape index (κ1) is 14.9. The van der Waals surface area contributed by atoms with Gasteiger partial charge in [0.2, 0.25) is 0 Å². The van der Waals surface area contributed by atoms with Crippen molar-refractivity contribution in [2.45, 2.75) is 20.8 Å². The fourth-order valence-electron chi connectivity index (χ4n) is 2.03. The number of aryl methyl sites for hydroxylation is 2. The lowest BCUT2D eigenvalue weighted by atomic mass is 10.1. The Morgan fingerprint density at radius 2 is 1.55 bits per heavy atom. The molecular formula is C15H17Cl2N3. The molecule has 0 saturated heterocycles. The third-order valence-electron chi connectivity index (χ3n) is 2.76. The van der Waals surface area contributed by atoms with Crippen molar-refractivity contribution < 1.29 is 0 Å². The fraction of sp³-hybridized carbons (Fsp3) is 0.267. The van der Waals surface area contributed by atoms with Crippen LogP contribution in [0.25, 0.3) is 0 Å². The van der Waals surface area contributed by atoms with Crippen LogP contribution in [0.2, 0.25) is 10.0 Å². The van der Waals surface area contributed by atoms with E-state index >= 15 is 0 Å². The number of benzene rings is 1. The molecule has 0 unspecified atom stereocenters. The quantitative estimate of drug-likeness (QED) is 0.817. The van der Waals surface area contributed by atoms with Crippen molar-refractivity contribution in [3.8, 4) is 0 Å². The summed E-state index contributed by atoms with van der Waals surface area (Å²) in [5.74, 6) is 1.22. The third-order valence-corrected chi connectivity index (χ3v) is 3.33. The van der Waals surface area contributed by atoms with Crippen LogP contribution >= 0.6 is 23.2 Å². The van der Waals surface area contributed by atoms with Gasteiger partial charge in [0.05, 0.1) is 10.0 Å². The van der Waals surface area contributed by atoms with Crippen LogP contribution in [-0.4, -0.2) is 11.5 Å². The predicted molar refractivity (Wildman–Crippen MR) is 87.6 cm³/mol. The maximum atomic E-state index is 6.19. The second kappa shape index (κ2) is 6.33. The van der Waals surface area contributed by atoms with E-state index in [0.29, 0.717) is 21.7 Å². The van der Waals surface area contributed by atoms with Crippen LogP contribution in [-0.2, 0) is 0 Å². The van der Waals surface area contributed by atoms with Crippen molar-refractivity contribution in [2.75, 3.05) is 17.2 Å². The first-order valence-electron chi connectivity index (χ1n) is 6.45. The lowest BCUT2D eigenvalue weighted by Gasteiger charge is -2.12. The van der Waals surface area contributed by atoms with Crippen LogP contribution < -0.4 is 10.6 Å². The van der Waals surface area contributed by atoms with Crippen molar-refractivity contribution in [1.82, 2.24) is 4.98 Å². The number of rotatable bonds is 4. The molecule has 0 bridgehead atoms. The lowest BCUT2D eigenvalue weighted by Crippen LogP contribution is -2.03. The van der Waals surface area contributed by atoms with Gasteiger partial charge in [0.25, 0.3) is 0 Å². The van der Waals surface area contributed by atoms with Gasteiger partial charge >= 0.3 is 0 Å². The molecule has 0 radical (unpaired) electrons. The number of pyridine rings is 1. The predicted octanol–water partition coefficient (Wildman–Crippen LogP) is 5.18. The van der Waals surface area contributed by atoms with Crippen molar-refractivity contribution >= 4 is 40.5 Å². The van der Waals surface area contributed by atoms with Crippen molar-refractivity contribution in [1.29, 1.82) is 0 Å². The summed E-state index contributed by atoms with van der Waals surface area (Å²) in [7, 11) is 0. The van der Waals surface area contributed by atoms with E-state index < -0.39 is 0 Å². The van der Waals surface area contributed by atoms with Crippen LogP contribution in [0.3, 0.4) is 0 Å². The second-order valence-electron chi connectivity index (χ2n) is 4.68. The van der Waals surface area contributed by atoms with Crippen LogP contribution in [0.15, 0.2) is 24.3 Å². The molecule has 0 spiro atoms. The molecule has 2 aromatic rings. The summed E-state index contributed by atoms with van der Waals surface area (Å²) in [4.78, 5) is 4.43. The van der Waals surface area contributed by atoms with Crippen LogP contribution in [0.1, 0.15) is 18.1 Å². The maximum absolute atomic E-state index is 6.19. The van der Waals surface area contributed by atoms with E-state index in [-0.39, 0.29) is 0 Å². The average molecular weight is 310 g/mol. The summed E-state index contributed by atoms with van der Waals surface area (Å²) in [5.41, 5.74) is 3.33. The number of anilines is 3. The standard InChI is InChI=1S/C15H17Cl2N3/c1-4-18-14-12(16)8-13(17)15(20-14)19-11-6-9(2)5-10(3)7-11/h5-8H,4H2,1-3H3,(H2,18,19,20). The highest BCUT2D eigenvalue weighted by Gasteiger charge is 2.09. The molecule has 0 atom stereocenters. The first-order chi connectivity index (χ1) is 9.49. The Labute approximate surface area is 129 Å². The Balaban J connectivity index is 2.34. The Morgan fingerprint density at radius 1 is 0.950 bits per heavy atom. The molecule has 0 aliphatic heterocycles. The largest absolute Gasteiger partial charge is 0.369 e. The first-order valence-corrected chi connectivity index (χ1v) is 7.20. The highest BCUT2D eigenvalue weighted by atomic mass is 35.5. The summed E-state index contributed by atoms with van der Waals surface area (Å²) >= 11 is 12.3. The van der Waals surface area contributed by atoms with Gasteiger partial charge < -0.3 is 10.6 Å². The summed E-state index contributed by atoms with van der Waals surface area (Å²) < 4.78 is 0. The van der Waals surface area contributed by atoms with Crippen LogP contribution in [0.5, 0.6) is 0 Å². The highest BCUT2D eigenvalue weighted by molar-refractivity contribution is 6.37. The van der Waals surface area contributed by atoms with Crippen molar-refractivity contribution in [2.24, 2.45) is 0 Å². The molecule has 2 N–H and O–H groups in total. The van der Waals surface area contributed by atoms with Crippen LogP contribution in [0.4, 0.5) is 17.3 Å². The zero-order valence-electron chi connectivity index (χ0n) is 11.7. The van der Waals surface area contributed by atoms with E-state index in [1.54, 1.807) is 6.07 Å². The smallest absolute Gasteiger partial charge is 0.151 e. The molecule has 0 aliphatic carbocycles. The fourth-order valence-corrected chi connectivity index (χ4v) is 2.50. The van der Waals surface area contributed by atoms with Crippen LogP contribution in [0, 0.1) is 13.8 Å². The zero-order chi connectivity index (χ0) is 14.7. The van der Waals surface area contributed by atoms with Crippen molar-refractivity contribution in [3.63, 3.8) is 0 Å². The Morgan fingerprint density at radius 3 is 2.15 bits per heavy atom. The number of aromatic nitrogens is 1. The van der Waals surface area contributed by atoms with E-state index in [0.717, 1.165) is 12.2 Å². The molecule has 20 heavy (non-hydrogen) atoms. The van der Waals surface area contributed by atoms with Gasteiger partial charge in [0, 0.05) is 12.2 Å². The zero-order valence-corrected chi connectivity index (χ0v) is 13.2. The van der Waals surface area contributed by atoms with Gasteiger partial charge in [-0.25, -0.2) is 4.98 Å². The number of nitrogens with zero attached hydrogens (tertiary/aromatic N) is 1. The second-order valence-corrected chi connectivity index (χ2v) is 5.50. The minimum Gasteiger partial charge on any atom is -0.369 e. The molecular weight excluding hydrogens is 293 g/mol. The number of nitrogens with one attached hydrogen (secondary N) is 2. The molecule has 0 amide bonds. The molecule has 2 rings (SSSR count).